The Morgan fingerprint density at radius 2 is 2.11 bits per heavy atom. The van der Waals surface area contributed by atoms with E-state index < -0.39 is 0 Å². The molecular formula is C15H19FN2O. The van der Waals surface area contributed by atoms with Gasteiger partial charge in [-0.05, 0) is 44.2 Å². The minimum Gasteiger partial charge on any atom is -0.308 e. The van der Waals surface area contributed by atoms with Crippen molar-refractivity contribution in [3.8, 4) is 0 Å². The van der Waals surface area contributed by atoms with E-state index in [1.807, 2.05) is 13.0 Å². The molecule has 0 spiro atoms. The van der Waals surface area contributed by atoms with Crippen LogP contribution in [0.3, 0.4) is 0 Å². The molecular weight excluding hydrogens is 243 g/mol. The van der Waals surface area contributed by atoms with Gasteiger partial charge in [0.25, 0.3) is 0 Å². The van der Waals surface area contributed by atoms with Crippen LogP contribution in [0.25, 0.3) is 0 Å². The first-order chi connectivity index (χ1) is 9.16. The second-order valence-electron chi connectivity index (χ2n) is 5.53. The molecule has 0 bridgehead atoms. The first-order valence-corrected chi connectivity index (χ1v) is 6.99. The number of nitrogens with one attached hydrogen (secondary N) is 1. The van der Waals surface area contributed by atoms with Gasteiger partial charge in [0, 0.05) is 12.6 Å². The van der Waals surface area contributed by atoms with E-state index >= 15 is 0 Å². The molecule has 1 aromatic carbocycles. The third kappa shape index (κ3) is 2.50. The maximum atomic E-state index is 14.0. The highest BCUT2D eigenvalue weighted by molar-refractivity contribution is 5.98. The lowest BCUT2D eigenvalue weighted by molar-refractivity contribution is -0.121. The Kier molecular flexibility index (Phi) is 3.27. The van der Waals surface area contributed by atoms with E-state index in [1.165, 1.54) is 6.07 Å². The Labute approximate surface area is 112 Å². The molecule has 4 heteroatoms. The number of para-hydroxylation sites is 1. The summed E-state index contributed by atoms with van der Waals surface area (Å²) < 4.78 is 14.0. The number of nitrogens with zero attached hydrogens (tertiary/aromatic N) is 1. The molecule has 0 aromatic heterocycles. The van der Waals surface area contributed by atoms with Gasteiger partial charge in [-0.2, -0.15) is 0 Å². The molecule has 1 saturated carbocycles. The van der Waals surface area contributed by atoms with Gasteiger partial charge in [0.1, 0.15) is 5.82 Å². The summed E-state index contributed by atoms with van der Waals surface area (Å²) in [5, 5.41) is 3.37. The van der Waals surface area contributed by atoms with E-state index in [1.54, 1.807) is 11.0 Å². The van der Waals surface area contributed by atoms with E-state index in [2.05, 4.69) is 5.32 Å². The van der Waals surface area contributed by atoms with Crippen LogP contribution in [0.4, 0.5) is 10.1 Å². The average Bonchev–Trinajstić information content (AvgIpc) is 3.17. The van der Waals surface area contributed by atoms with E-state index in [9.17, 15) is 9.18 Å². The standard InChI is InChI=1S/C15H19FN2O/c1-10-4-2-5-12(16)14(10)18-9-3-6-13(15(18)19)17-11-7-8-11/h2,4-5,11,13,17H,3,6-9H2,1H3. The predicted octanol–water partition coefficient (Wildman–Crippen LogP) is 2.38. The van der Waals surface area contributed by atoms with Gasteiger partial charge in [-0.25, -0.2) is 4.39 Å². The molecule has 1 aliphatic heterocycles. The van der Waals surface area contributed by atoms with Crippen LogP contribution in [0.5, 0.6) is 0 Å². The lowest BCUT2D eigenvalue weighted by Crippen LogP contribution is -2.51. The number of hydrogen-bond acceptors (Lipinski definition) is 2. The van der Waals surface area contributed by atoms with Gasteiger partial charge in [-0.1, -0.05) is 12.1 Å². The second kappa shape index (κ2) is 4.93. The molecule has 1 N–H and O–H groups in total. The van der Waals surface area contributed by atoms with Crippen molar-refractivity contribution in [2.75, 3.05) is 11.4 Å². The Hall–Kier alpha value is -1.42. The number of benzene rings is 1. The van der Waals surface area contributed by atoms with Crippen LogP contribution in [-0.4, -0.2) is 24.5 Å². The molecule has 1 aliphatic carbocycles. The van der Waals surface area contributed by atoms with Crippen molar-refractivity contribution in [3.63, 3.8) is 0 Å². The van der Waals surface area contributed by atoms with Crippen LogP contribution >= 0.6 is 0 Å². The van der Waals surface area contributed by atoms with Crippen molar-refractivity contribution in [3.05, 3.63) is 29.6 Å². The Balaban J connectivity index is 1.84. The van der Waals surface area contributed by atoms with Gasteiger partial charge in [0.2, 0.25) is 5.91 Å². The summed E-state index contributed by atoms with van der Waals surface area (Å²) in [6.45, 7) is 2.47. The third-order valence-corrected chi connectivity index (χ3v) is 3.91. The summed E-state index contributed by atoms with van der Waals surface area (Å²) in [5.41, 5.74) is 1.27. The summed E-state index contributed by atoms with van der Waals surface area (Å²) in [4.78, 5) is 14.1. The molecule has 2 fully saturated rings. The van der Waals surface area contributed by atoms with Crippen molar-refractivity contribution in [2.45, 2.75) is 44.7 Å². The van der Waals surface area contributed by atoms with Gasteiger partial charge in [-0.3, -0.25) is 4.79 Å². The number of rotatable bonds is 3. The quantitative estimate of drug-likeness (QED) is 0.907. The zero-order valence-electron chi connectivity index (χ0n) is 11.2. The zero-order chi connectivity index (χ0) is 13.4. The smallest absolute Gasteiger partial charge is 0.244 e. The molecule has 3 rings (SSSR count). The summed E-state index contributed by atoms with van der Waals surface area (Å²) in [6.07, 6.45) is 4.09. The predicted molar refractivity (Wildman–Crippen MR) is 72.7 cm³/mol. The Morgan fingerprint density at radius 1 is 1.32 bits per heavy atom. The molecule has 1 heterocycles. The largest absolute Gasteiger partial charge is 0.308 e. The van der Waals surface area contributed by atoms with Crippen LogP contribution in [0.2, 0.25) is 0 Å². The topological polar surface area (TPSA) is 32.3 Å². The van der Waals surface area contributed by atoms with Gasteiger partial charge in [-0.15, -0.1) is 0 Å². The highest BCUT2D eigenvalue weighted by Crippen LogP contribution is 2.29. The highest BCUT2D eigenvalue weighted by atomic mass is 19.1. The molecule has 102 valence electrons. The van der Waals surface area contributed by atoms with Crippen molar-refractivity contribution in [1.82, 2.24) is 5.32 Å². The summed E-state index contributed by atoms with van der Waals surface area (Å²) in [6, 6.07) is 5.32. The molecule has 1 aromatic rings. The molecule has 2 aliphatic rings. The van der Waals surface area contributed by atoms with Gasteiger partial charge >= 0.3 is 0 Å². The van der Waals surface area contributed by atoms with Crippen LogP contribution in [-0.2, 0) is 4.79 Å². The molecule has 19 heavy (non-hydrogen) atoms. The van der Waals surface area contributed by atoms with Crippen LogP contribution in [0.1, 0.15) is 31.2 Å². The second-order valence-corrected chi connectivity index (χ2v) is 5.53. The number of carbonyl (C=O) groups excluding carboxylic acids is 1. The minimum atomic E-state index is -0.305. The lowest BCUT2D eigenvalue weighted by Gasteiger charge is -2.33. The maximum Gasteiger partial charge on any atom is 0.244 e. The third-order valence-electron chi connectivity index (χ3n) is 3.91. The number of amides is 1. The van der Waals surface area contributed by atoms with Gasteiger partial charge in [0.05, 0.1) is 11.7 Å². The number of hydrogen-bond donors (Lipinski definition) is 1. The van der Waals surface area contributed by atoms with Crippen LogP contribution in [0, 0.1) is 12.7 Å². The fourth-order valence-electron chi connectivity index (χ4n) is 2.75. The lowest BCUT2D eigenvalue weighted by atomic mass is 10.0. The molecule has 1 amide bonds. The number of halogens is 1. The number of piperidine rings is 1. The Morgan fingerprint density at radius 3 is 2.79 bits per heavy atom. The van der Waals surface area contributed by atoms with Crippen LogP contribution in [0.15, 0.2) is 18.2 Å². The number of carbonyl (C=O) groups is 1. The number of anilines is 1. The average molecular weight is 262 g/mol. The van der Waals surface area contributed by atoms with E-state index in [0.717, 1.165) is 31.2 Å². The molecule has 3 nitrogen and oxygen atoms in total. The van der Waals surface area contributed by atoms with E-state index in [4.69, 9.17) is 0 Å². The molecule has 1 atom stereocenters. The normalized spacial score (nSPS) is 23.8. The van der Waals surface area contributed by atoms with Crippen molar-refractivity contribution in [1.29, 1.82) is 0 Å². The highest BCUT2D eigenvalue weighted by Gasteiger charge is 2.35. The van der Waals surface area contributed by atoms with E-state index in [0.29, 0.717) is 18.3 Å². The van der Waals surface area contributed by atoms with Crippen molar-refractivity contribution < 1.29 is 9.18 Å². The SMILES string of the molecule is Cc1cccc(F)c1N1CCCC(NC2CC2)C1=O. The Bertz CT molecular complexity index is 479. The number of aryl methyl sites for hydroxylation is 1. The fourth-order valence-corrected chi connectivity index (χ4v) is 2.75. The first kappa shape index (κ1) is 12.6. The van der Waals surface area contributed by atoms with Crippen molar-refractivity contribution in [2.24, 2.45) is 0 Å². The van der Waals surface area contributed by atoms with Crippen LogP contribution < -0.4 is 10.2 Å². The van der Waals surface area contributed by atoms with Crippen molar-refractivity contribution >= 4 is 11.6 Å². The van der Waals surface area contributed by atoms with Gasteiger partial charge < -0.3 is 10.2 Å². The van der Waals surface area contributed by atoms with E-state index in [-0.39, 0.29) is 17.8 Å². The first-order valence-electron chi connectivity index (χ1n) is 6.99. The van der Waals surface area contributed by atoms with Gasteiger partial charge in [0.15, 0.2) is 0 Å². The summed E-state index contributed by atoms with van der Waals surface area (Å²) in [5.74, 6) is -0.285. The zero-order valence-corrected chi connectivity index (χ0v) is 11.2. The molecule has 1 saturated heterocycles. The summed E-state index contributed by atoms with van der Waals surface area (Å²) in [7, 11) is 0. The molecule has 0 radical (unpaired) electrons. The monoisotopic (exact) mass is 262 g/mol. The summed E-state index contributed by atoms with van der Waals surface area (Å²) >= 11 is 0. The maximum absolute atomic E-state index is 14.0. The minimum absolute atomic E-state index is 0.0198. The molecule has 1 unspecified atom stereocenters. The fraction of sp³-hybridized carbons (Fsp3) is 0.533.